The van der Waals surface area contributed by atoms with Crippen molar-refractivity contribution in [1.82, 2.24) is 0 Å². The van der Waals surface area contributed by atoms with E-state index >= 15 is 0 Å². The van der Waals surface area contributed by atoms with Crippen molar-refractivity contribution in [3.05, 3.63) is 107 Å². The maximum atomic E-state index is 13.0. The van der Waals surface area contributed by atoms with E-state index in [1.54, 1.807) is 36.4 Å². The van der Waals surface area contributed by atoms with Crippen molar-refractivity contribution in [1.29, 1.82) is 0 Å². The molecule has 0 spiro atoms. The first-order valence-electron chi connectivity index (χ1n) is 10.2. The number of nitrogens with zero attached hydrogens (tertiary/aromatic N) is 1. The average Bonchev–Trinajstić information content (AvgIpc) is 2.82. The standard InChI is InChI=1S/C25H20N2O5S/c1-2-16-7-13-19(14-8-16)33(31,32)27-22-15-23(24(28)21-6-4-3-5-20(21)22)26-18-11-9-17(10-12-18)25(29)30/h3-15,26H,2H2,1H3,(H,29,30)/b27-22-. The number of aromatic carboxylic acids is 1. The molecule has 0 aromatic heterocycles. The molecule has 1 aliphatic carbocycles. The highest BCUT2D eigenvalue weighted by atomic mass is 32.2. The van der Waals surface area contributed by atoms with Gasteiger partial charge in [0, 0.05) is 16.8 Å². The van der Waals surface area contributed by atoms with Crippen LogP contribution < -0.4 is 5.32 Å². The lowest BCUT2D eigenvalue weighted by Gasteiger charge is -2.19. The number of sulfonamides is 1. The molecular weight excluding hydrogens is 440 g/mol. The zero-order valence-electron chi connectivity index (χ0n) is 17.6. The number of rotatable bonds is 6. The van der Waals surface area contributed by atoms with Crippen LogP contribution in [0.2, 0.25) is 0 Å². The van der Waals surface area contributed by atoms with E-state index in [1.165, 1.54) is 42.5 Å². The molecule has 7 nitrogen and oxygen atoms in total. The second-order valence-corrected chi connectivity index (χ2v) is 8.99. The van der Waals surface area contributed by atoms with Crippen molar-refractivity contribution in [2.24, 2.45) is 4.40 Å². The van der Waals surface area contributed by atoms with Crippen molar-refractivity contribution in [2.75, 3.05) is 5.32 Å². The summed E-state index contributed by atoms with van der Waals surface area (Å²) in [6, 6.07) is 19.1. The summed E-state index contributed by atoms with van der Waals surface area (Å²) in [4.78, 5) is 24.1. The van der Waals surface area contributed by atoms with Crippen molar-refractivity contribution < 1.29 is 23.1 Å². The van der Waals surface area contributed by atoms with E-state index in [0.717, 1.165) is 12.0 Å². The van der Waals surface area contributed by atoms with Gasteiger partial charge in [-0.3, -0.25) is 4.79 Å². The van der Waals surface area contributed by atoms with E-state index in [4.69, 9.17) is 5.11 Å². The average molecular weight is 461 g/mol. The molecule has 3 aromatic carbocycles. The Morgan fingerprint density at radius 2 is 1.58 bits per heavy atom. The van der Waals surface area contributed by atoms with Crippen LogP contribution in [0, 0.1) is 0 Å². The van der Waals surface area contributed by atoms with Crippen LogP contribution >= 0.6 is 0 Å². The minimum absolute atomic E-state index is 0.0637. The van der Waals surface area contributed by atoms with Gasteiger partial charge in [-0.1, -0.05) is 43.3 Å². The highest BCUT2D eigenvalue weighted by molar-refractivity contribution is 7.90. The number of fused-ring (bicyclic) bond motifs is 1. The maximum absolute atomic E-state index is 13.0. The minimum Gasteiger partial charge on any atom is -0.478 e. The summed E-state index contributed by atoms with van der Waals surface area (Å²) in [6.07, 6.45) is 2.18. The molecule has 0 unspecified atom stereocenters. The number of carbonyl (C=O) groups excluding carboxylic acids is 1. The van der Waals surface area contributed by atoms with E-state index in [0.29, 0.717) is 16.8 Å². The second kappa shape index (κ2) is 8.84. The van der Waals surface area contributed by atoms with E-state index in [2.05, 4.69) is 9.71 Å². The predicted molar refractivity (Wildman–Crippen MR) is 125 cm³/mol. The molecule has 1 aliphatic rings. The molecule has 0 saturated carbocycles. The van der Waals surface area contributed by atoms with E-state index < -0.39 is 16.0 Å². The molecule has 0 atom stereocenters. The Balaban J connectivity index is 1.75. The Morgan fingerprint density at radius 1 is 0.939 bits per heavy atom. The molecule has 0 heterocycles. The van der Waals surface area contributed by atoms with Crippen molar-refractivity contribution >= 4 is 33.2 Å². The molecule has 8 heteroatoms. The van der Waals surface area contributed by atoms with Crippen molar-refractivity contribution in [2.45, 2.75) is 18.2 Å². The number of carboxylic acid groups (broad SMARTS) is 1. The fourth-order valence-electron chi connectivity index (χ4n) is 3.43. The second-order valence-electron chi connectivity index (χ2n) is 7.39. The number of ketones is 1. The van der Waals surface area contributed by atoms with Crippen LogP contribution in [-0.2, 0) is 16.4 Å². The van der Waals surface area contributed by atoms with Crippen LogP contribution in [0.15, 0.2) is 93.9 Å². The first-order valence-corrected chi connectivity index (χ1v) is 11.6. The molecule has 0 fully saturated rings. The van der Waals surface area contributed by atoms with E-state index in [-0.39, 0.29) is 27.7 Å². The van der Waals surface area contributed by atoms with Gasteiger partial charge in [0.2, 0.25) is 5.78 Å². The van der Waals surface area contributed by atoms with Gasteiger partial charge in [0.1, 0.15) is 0 Å². The molecule has 0 amide bonds. The first kappa shape index (κ1) is 22.2. The fraction of sp³-hybridized carbons (Fsp3) is 0.0800. The predicted octanol–water partition coefficient (Wildman–Crippen LogP) is 4.32. The number of Topliss-reactive ketones (excluding diaryl/α,β-unsaturated/α-hetero) is 1. The summed E-state index contributed by atoms with van der Waals surface area (Å²) in [7, 11) is -4.02. The Labute approximate surface area is 191 Å². The van der Waals surface area contributed by atoms with Gasteiger partial charge in [0.15, 0.2) is 0 Å². The van der Waals surface area contributed by atoms with Gasteiger partial charge < -0.3 is 10.4 Å². The Morgan fingerprint density at radius 3 is 2.18 bits per heavy atom. The third kappa shape index (κ3) is 4.61. The van der Waals surface area contributed by atoms with Gasteiger partial charge in [-0.05, 0) is 54.5 Å². The first-order chi connectivity index (χ1) is 15.8. The third-order valence-corrected chi connectivity index (χ3v) is 6.54. The number of anilines is 1. The largest absolute Gasteiger partial charge is 0.478 e. The number of aryl methyl sites for hydroxylation is 1. The van der Waals surface area contributed by atoms with Crippen molar-refractivity contribution in [3.8, 4) is 0 Å². The smallest absolute Gasteiger partial charge is 0.335 e. The Hall–Kier alpha value is -4.04. The van der Waals surface area contributed by atoms with Gasteiger partial charge in [0.25, 0.3) is 10.0 Å². The number of carbonyl (C=O) groups is 2. The van der Waals surface area contributed by atoms with Crippen LogP contribution in [0.1, 0.15) is 38.8 Å². The summed E-state index contributed by atoms with van der Waals surface area (Å²) in [5, 5.41) is 12.0. The highest BCUT2D eigenvalue weighted by Gasteiger charge is 2.26. The molecule has 0 bridgehead atoms. The zero-order valence-corrected chi connectivity index (χ0v) is 18.5. The molecule has 0 saturated heterocycles. The molecule has 0 aliphatic heterocycles. The molecule has 3 aromatic rings. The van der Waals surface area contributed by atoms with Crippen LogP contribution in [0.3, 0.4) is 0 Å². The quantitative estimate of drug-likeness (QED) is 0.567. The number of hydrogen-bond donors (Lipinski definition) is 2. The summed E-state index contributed by atoms with van der Waals surface area (Å²) in [6.45, 7) is 1.98. The normalized spacial score (nSPS) is 14.5. The van der Waals surface area contributed by atoms with E-state index in [1.807, 2.05) is 6.92 Å². The summed E-state index contributed by atoms with van der Waals surface area (Å²) in [5.41, 5.74) is 2.61. The number of hydrogen-bond acceptors (Lipinski definition) is 5. The Kier molecular flexibility index (Phi) is 5.93. The van der Waals surface area contributed by atoms with Gasteiger partial charge in [-0.2, -0.15) is 12.8 Å². The van der Waals surface area contributed by atoms with Gasteiger partial charge in [0.05, 0.1) is 21.9 Å². The molecule has 166 valence electrons. The number of allylic oxidation sites excluding steroid dienone is 2. The molecule has 0 radical (unpaired) electrons. The SMILES string of the molecule is CCc1ccc(S(=O)(=O)/N=C2/C=C(Nc3ccc(C(=O)O)cc3)C(=O)c3ccccc32)cc1. The monoisotopic (exact) mass is 460 g/mol. The topological polar surface area (TPSA) is 113 Å². The highest BCUT2D eigenvalue weighted by Crippen LogP contribution is 2.25. The molecule has 4 rings (SSSR count). The van der Waals surface area contributed by atoms with Crippen LogP contribution in [0.4, 0.5) is 5.69 Å². The molecular formula is C25H20N2O5S. The fourth-order valence-corrected chi connectivity index (χ4v) is 4.42. The Bertz CT molecular complexity index is 1400. The van der Waals surface area contributed by atoms with Crippen LogP contribution in [0.25, 0.3) is 0 Å². The van der Waals surface area contributed by atoms with Gasteiger partial charge in [-0.25, -0.2) is 4.79 Å². The number of benzene rings is 3. The third-order valence-electron chi connectivity index (χ3n) is 5.23. The molecule has 33 heavy (non-hydrogen) atoms. The van der Waals surface area contributed by atoms with Gasteiger partial charge >= 0.3 is 5.97 Å². The maximum Gasteiger partial charge on any atom is 0.335 e. The number of carboxylic acids is 1. The van der Waals surface area contributed by atoms with Crippen LogP contribution in [0.5, 0.6) is 0 Å². The lowest BCUT2D eigenvalue weighted by Crippen LogP contribution is -2.22. The lowest BCUT2D eigenvalue weighted by molar-refractivity contribution is 0.0696. The summed E-state index contributed by atoms with van der Waals surface area (Å²) in [5.74, 6) is -1.38. The summed E-state index contributed by atoms with van der Waals surface area (Å²) >= 11 is 0. The zero-order chi connectivity index (χ0) is 23.6. The molecule has 2 N–H and O–H groups in total. The van der Waals surface area contributed by atoms with Crippen molar-refractivity contribution in [3.63, 3.8) is 0 Å². The minimum atomic E-state index is -4.02. The van der Waals surface area contributed by atoms with Crippen LogP contribution in [-0.4, -0.2) is 31.0 Å². The number of nitrogens with one attached hydrogen (secondary N) is 1. The van der Waals surface area contributed by atoms with E-state index in [9.17, 15) is 18.0 Å². The summed E-state index contributed by atoms with van der Waals surface area (Å²) < 4.78 is 30.0. The lowest BCUT2D eigenvalue weighted by atomic mass is 9.92. The van der Waals surface area contributed by atoms with Gasteiger partial charge in [-0.15, -0.1) is 0 Å².